The number of fused-ring (bicyclic) bond motifs is 1. The number of hydrogen-bond acceptors (Lipinski definition) is 3. The molecule has 0 unspecified atom stereocenters. The number of aromatic nitrogens is 2. The minimum atomic E-state index is -0.158. The van der Waals surface area contributed by atoms with Crippen molar-refractivity contribution in [2.75, 3.05) is 0 Å². The van der Waals surface area contributed by atoms with Crippen LogP contribution in [0.2, 0.25) is 0 Å². The van der Waals surface area contributed by atoms with Crippen LogP contribution in [0.25, 0.3) is 16.2 Å². The predicted molar refractivity (Wildman–Crippen MR) is 101 cm³/mol. The molecule has 126 valence electrons. The Morgan fingerprint density at radius 3 is 2.46 bits per heavy atom. The van der Waals surface area contributed by atoms with Crippen LogP contribution >= 0.6 is 11.3 Å². The Labute approximate surface area is 147 Å². The monoisotopic (exact) mass is 340 g/mol. The second-order valence-corrected chi connectivity index (χ2v) is 8.42. The minimum Gasteiger partial charge on any atom is -0.296 e. The molecule has 0 atom stereocenters. The van der Waals surface area contributed by atoms with Crippen LogP contribution in [0.1, 0.15) is 59.9 Å². The van der Waals surface area contributed by atoms with Crippen molar-refractivity contribution in [2.24, 2.45) is 0 Å². The number of aryl methyl sites for hydroxylation is 3. The van der Waals surface area contributed by atoms with Crippen LogP contribution in [0.5, 0.6) is 0 Å². The zero-order valence-electron chi connectivity index (χ0n) is 15.2. The van der Waals surface area contributed by atoms with Gasteiger partial charge in [0.05, 0.1) is 11.4 Å². The van der Waals surface area contributed by atoms with Crippen molar-refractivity contribution in [3.63, 3.8) is 0 Å². The molecule has 0 amide bonds. The molecule has 0 aliphatic carbocycles. The van der Waals surface area contributed by atoms with Crippen molar-refractivity contribution in [3.8, 4) is 11.3 Å². The van der Waals surface area contributed by atoms with Crippen LogP contribution in [-0.2, 0) is 11.8 Å². The number of hydrogen-bond donors (Lipinski definition) is 0. The lowest BCUT2D eigenvalue weighted by atomic mass is 9.91. The van der Waals surface area contributed by atoms with Gasteiger partial charge in [-0.1, -0.05) is 39.8 Å². The normalized spacial score (nSPS) is 12.1. The first-order chi connectivity index (χ1) is 11.3. The van der Waals surface area contributed by atoms with E-state index >= 15 is 0 Å². The van der Waals surface area contributed by atoms with E-state index in [9.17, 15) is 4.79 Å². The molecule has 4 heteroatoms. The first-order valence-corrected chi connectivity index (χ1v) is 9.17. The van der Waals surface area contributed by atoms with Crippen LogP contribution < -0.4 is 0 Å². The molecule has 3 nitrogen and oxygen atoms in total. The molecule has 0 saturated carbocycles. The molecule has 2 heterocycles. The highest BCUT2D eigenvalue weighted by atomic mass is 32.1. The van der Waals surface area contributed by atoms with E-state index in [0.29, 0.717) is 5.69 Å². The molecule has 3 aromatic rings. The fourth-order valence-electron chi connectivity index (χ4n) is 3.06. The van der Waals surface area contributed by atoms with Crippen molar-refractivity contribution < 1.29 is 4.79 Å². The van der Waals surface area contributed by atoms with E-state index in [2.05, 4.69) is 64.1 Å². The van der Waals surface area contributed by atoms with Gasteiger partial charge in [0.25, 0.3) is 0 Å². The summed E-state index contributed by atoms with van der Waals surface area (Å²) in [7, 11) is 0. The van der Waals surface area contributed by atoms with Gasteiger partial charge in [-0.25, -0.2) is 4.98 Å². The van der Waals surface area contributed by atoms with Crippen molar-refractivity contribution in [1.29, 1.82) is 0 Å². The van der Waals surface area contributed by atoms with Crippen LogP contribution in [0, 0.1) is 13.8 Å². The molecule has 0 aliphatic heterocycles. The van der Waals surface area contributed by atoms with Gasteiger partial charge >= 0.3 is 0 Å². The van der Waals surface area contributed by atoms with Crippen LogP contribution in [0.15, 0.2) is 18.2 Å². The summed E-state index contributed by atoms with van der Waals surface area (Å²) in [5, 5.41) is 0. The summed E-state index contributed by atoms with van der Waals surface area (Å²) in [5.41, 5.74) is 6.21. The molecule has 2 aromatic heterocycles. The van der Waals surface area contributed by atoms with Gasteiger partial charge in [-0.05, 0) is 43.0 Å². The highest BCUT2D eigenvalue weighted by molar-refractivity contribution is 7.17. The molecule has 0 bridgehead atoms. The van der Waals surface area contributed by atoms with Crippen LogP contribution in [-0.4, -0.2) is 15.7 Å². The number of rotatable bonds is 3. The summed E-state index contributed by atoms with van der Waals surface area (Å²) in [6.07, 6.45) is 1.89. The Morgan fingerprint density at radius 2 is 1.92 bits per heavy atom. The smallest absolute Gasteiger partial charge is 0.195 e. The molecule has 0 saturated heterocycles. The highest BCUT2D eigenvalue weighted by Gasteiger charge is 2.27. The SMILES string of the molecule is CCc1sc2nc(C(C)(C)C)c(C=O)n2c1-c1ccc(C)c(C)c1. The number of thiazole rings is 1. The third-order valence-electron chi connectivity index (χ3n) is 4.51. The zero-order chi connectivity index (χ0) is 17.6. The van der Waals surface area contributed by atoms with Gasteiger partial charge < -0.3 is 0 Å². The van der Waals surface area contributed by atoms with Crippen molar-refractivity contribution in [3.05, 3.63) is 45.6 Å². The molecular weight excluding hydrogens is 316 g/mol. The van der Waals surface area contributed by atoms with E-state index in [-0.39, 0.29) is 5.41 Å². The van der Waals surface area contributed by atoms with E-state index in [1.54, 1.807) is 11.3 Å². The van der Waals surface area contributed by atoms with Crippen molar-refractivity contribution in [2.45, 2.75) is 53.4 Å². The second kappa shape index (κ2) is 5.85. The first-order valence-electron chi connectivity index (χ1n) is 8.35. The largest absolute Gasteiger partial charge is 0.296 e. The fraction of sp³-hybridized carbons (Fsp3) is 0.400. The average molecular weight is 340 g/mol. The van der Waals surface area contributed by atoms with Crippen molar-refractivity contribution >= 4 is 22.6 Å². The lowest BCUT2D eigenvalue weighted by Gasteiger charge is -2.16. The van der Waals surface area contributed by atoms with Gasteiger partial charge in [-0.2, -0.15) is 0 Å². The quantitative estimate of drug-likeness (QED) is 0.602. The number of nitrogens with zero attached hydrogens (tertiary/aromatic N) is 2. The summed E-state index contributed by atoms with van der Waals surface area (Å²) < 4.78 is 2.06. The Kier molecular flexibility index (Phi) is 4.12. The Morgan fingerprint density at radius 1 is 1.21 bits per heavy atom. The number of aldehydes is 1. The Hall–Kier alpha value is -1.94. The Balaban J connectivity index is 2.38. The zero-order valence-corrected chi connectivity index (χ0v) is 16.0. The number of carbonyl (C=O) groups excluding carboxylic acids is 1. The molecule has 3 rings (SSSR count). The molecule has 1 aromatic carbocycles. The van der Waals surface area contributed by atoms with Gasteiger partial charge in [0, 0.05) is 10.3 Å². The maximum absolute atomic E-state index is 11.9. The number of carbonyl (C=O) groups is 1. The standard InChI is InChI=1S/C20H24N2OS/c1-7-16-17(14-9-8-12(2)13(3)10-14)22-15(11-23)18(20(4,5)6)21-19(22)24-16/h8-11H,7H2,1-6H3. The van der Waals surface area contributed by atoms with Crippen LogP contribution in [0.3, 0.4) is 0 Å². The predicted octanol–water partition coefficient (Wildman–Crippen LogP) is 5.35. The Bertz CT molecular complexity index is 925. The summed E-state index contributed by atoms with van der Waals surface area (Å²) in [5.74, 6) is 0. The maximum atomic E-state index is 11.9. The molecule has 0 fully saturated rings. The fourth-order valence-corrected chi connectivity index (χ4v) is 4.15. The average Bonchev–Trinajstić information content (AvgIpc) is 3.04. The van der Waals surface area contributed by atoms with Gasteiger partial charge in [0.15, 0.2) is 11.2 Å². The lowest BCUT2D eigenvalue weighted by Crippen LogP contribution is -2.15. The van der Waals surface area contributed by atoms with E-state index in [1.165, 1.54) is 16.0 Å². The van der Waals surface area contributed by atoms with Crippen LogP contribution in [0.4, 0.5) is 0 Å². The molecule has 0 aliphatic rings. The summed E-state index contributed by atoms with van der Waals surface area (Å²) in [6.45, 7) is 12.7. The van der Waals surface area contributed by atoms with Gasteiger partial charge in [0.1, 0.15) is 5.69 Å². The molecular formula is C20H24N2OS. The van der Waals surface area contributed by atoms with E-state index in [1.807, 2.05) is 0 Å². The first kappa shape index (κ1) is 16.9. The van der Waals surface area contributed by atoms with Gasteiger partial charge in [-0.15, -0.1) is 11.3 Å². The van der Waals surface area contributed by atoms with Gasteiger partial charge in [0.2, 0.25) is 0 Å². The summed E-state index contributed by atoms with van der Waals surface area (Å²) >= 11 is 1.69. The van der Waals surface area contributed by atoms with E-state index in [0.717, 1.165) is 34.6 Å². The molecule has 0 N–H and O–H groups in total. The lowest BCUT2D eigenvalue weighted by molar-refractivity contribution is 0.111. The molecule has 0 radical (unpaired) electrons. The third-order valence-corrected chi connectivity index (χ3v) is 5.69. The second-order valence-electron chi connectivity index (χ2n) is 7.36. The number of benzene rings is 1. The van der Waals surface area contributed by atoms with E-state index < -0.39 is 0 Å². The summed E-state index contributed by atoms with van der Waals surface area (Å²) in [6, 6.07) is 6.51. The topological polar surface area (TPSA) is 34.4 Å². The molecule has 24 heavy (non-hydrogen) atoms. The van der Waals surface area contributed by atoms with Gasteiger partial charge in [-0.3, -0.25) is 9.20 Å². The minimum absolute atomic E-state index is 0.158. The van der Waals surface area contributed by atoms with E-state index in [4.69, 9.17) is 4.98 Å². The highest BCUT2D eigenvalue weighted by Crippen LogP contribution is 2.37. The molecule has 0 spiro atoms. The third kappa shape index (κ3) is 2.59. The van der Waals surface area contributed by atoms with Crippen molar-refractivity contribution in [1.82, 2.24) is 9.38 Å². The number of imidazole rings is 1. The summed E-state index contributed by atoms with van der Waals surface area (Å²) in [4.78, 5) is 18.9. The maximum Gasteiger partial charge on any atom is 0.195 e.